The highest BCUT2D eigenvalue weighted by molar-refractivity contribution is 6.01. The van der Waals surface area contributed by atoms with Crippen molar-refractivity contribution in [2.75, 3.05) is 18.0 Å². The minimum absolute atomic E-state index is 1.03. The molecule has 1 aromatic heterocycles. The molecule has 0 saturated heterocycles. The van der Waals surface area contributed by atoms with Crippen molar-refractivity contribution in [3.05, 3.63) is 53.7 Å². The quantitative estimate of drug-likeness (QED) is 0.580. The van der Waals surface area contributed by atoms with Gasteiger partial charge in [-0.1, -0.05) is 30.3 Å². The lowest BCUT2D eigenvalue weighted by Gasteiger charge is -2.21. The van der Waals surface area contributed by atoms with E-state index in [9.17, 15) is 0 Å². The predicted octanol–water partition coefficient (Wildman–Crippen LogP) is 4.59. The van der Waals surface area contributed by atoms with E-state index in [-0.39, 0.29) is 0 Å². The summed E-state index contributed by atoms with van der Waals surface area (Å²) in [7, 11) is 0. The Bertz CT molecular complexity index is 810. The Labute approximate surface area is 125 Å². The normalized spacial score (nSPS) is 12.5. The lowest BCUT2D eigenvalue weighted by molar-refractivity contribution is 0.867. The summed E-state index contributed by atoms with van der Waals surface area (Å²) < 4.78 is 0. The molecule has 3 aromatic rings. The van der Waals surface area contributed by atoms with Crippen molar-refractivity contribution in [1.82, 2.24) is 4.98 Å². The molecular formula is C19H20N2. The molecule has 0 amide bonds. The third-order valence-electron chi connectivity index (χ3n) is 4.64. The first kappa shape index (κ1) is 12.5. The van der Waals surface area contributed by atoms with E-state index in [1.54, 1.807) is 0 Å². The van der Waals surface area contributed by atoms with Crippen LogP contribution in [0.5, 0.6) is 0 Å². The van der Waals surface area contributed by atoms with Crippen LogP contribution in [0.15, 0.2) is 42.5 Å². The Morgan fingerprint density at radius 3 is 2.67 bits per heavy atom. The minimum Gasteiger partial charge on any atom is -0.372 e. The summed E-state index contributed by atoms with van der Waals surface area (Å²) >= 11 is 0. The van der Waals surface area contributed by atoms with E-state index < -0.39 is 0 Å². The van der Waals surface area contributed by atoms with Crippen LogP contribution in [0.2, 0.25) is 0 Å². The number of benzene rings is 2. The standard InChI is InChI=1S/C19H20N2/c1-3-21(4-2)14-9-10-16-17(12-14)20-18-11-13-7-5-6-8-15(13)19(16)18/h5-10,12,20H,3-4,11H2,1-2H3. The van der Waals surface area contributed by atoms with Crippen molar-refractivity contribution in [3.8, 4) is 11.1 Å². The molecule has 0 atom stereocenters. The van der Waals surface area contributed by atoms with E-state index in [0.717, 1.165) is 19.5 Å². The lowest BCUT2D eigenvalue weighted by Crippen LogP contribution is -2.21. The van der Waals surface area contributed by atoms with E-state index in [0.29, 0.717) is 0 Å². The van der Waals surface area contributed by atoms with Gasteiger partial charge in [0.05, 0.1) is 0 Å². The third kappa shape index (κ3) is 1.79. The van der Waals surface area contributed by atoms with Crippen molar-refractivity contribution >= 4 is 16.6 Å². The van der Waals surface area contributed by atoms with Crippen molar-refractivity contribution in [3.63, 3.8) is 0 Å². The van der Waals surface area contributed by atoms with Crippen LogP contribution in [0.3, 0.4) is 0 Å². The van der Waals surface area contributed by atoms with Gasteiger partial charge in [-0.05, 0) is 37.1 Å². The molecule has 0 unspecified atom stereocenters. The number of hydrogen-bond donors (Lipinski definition) is 1. The molecule has 0 fully saturated rings. The van der Waals surface area contributed by atoms with Gasteiger partial charge in [0, 0.05) is 47.4 Å². The molecule has 1 N–H and O–H groups in total. The molecule has 21 heavy (non-hydrogen) atoms. The van der Waals surface area contributed by atoms with Gasteiger partial charge in [-0.25, -0.2) is 0 Å². The highest BCUT2D eigenvalue weighted by Gasteiger charge is 2.22. The summed E-state index contributed by atoms with van der Waals surface area (Å²) in [4.78, 5) is 6.03. The van der Waals surface area contributed by atoms with E-state index >= 15 is 0 Å². The second kappa shape index (κ2) is 4.66. The highest BCUT2D eigenvalue weighted by Crippen LogP contribution is 2.42. The number of anilines is 1. The molecule has 2 aromatic carbocycles. The molecular weight excluding hydrogens is 256 g/mol. The SMILES string of the molecule is CCN(CC)c1ccc2c3c([nH]c2c1)Cc1ccccc1-3. The molecule has 1 aliphatic rings. The number of aromatic nitrogens is 1. The number of aromatic amines is 1. The van der Waals surface area contributed by atoms with Gasteiger partial charge in [-0.2, -0.15) is 0 Å². The van der Waals surface area contributed by atoms with Crippen LogP contribution in [-0.2, 0) is 6.42 Å². The van der Waals surface area contributed by atoms with Gasteiger partial charge < -0.3 is 9.88 Å². The fraction of sp³-hybridized carbons (Fsp3) is 0.263. The van der Waals surface area contributed by atoms with Crippen molar-refractivity contribution in [2.24, 2.45) is 0 Å². The van der Waals surface area contributed by atoms with Gasteiger partial charge in [0.15, 0.2) is 0 Å². The molecule has 1 heterocycles. The maximum atomic E-state index is 3.64. The minimum atomic E-state index is 1.03. The number of hydrogen-bond acceptors (Lipinski definition) is 1. The molecule has 0 radical (unpaired) electrons. The van der Waals surface area contributed by atoms with E-state index in [4.69, 9.17) is 0 Å². The fourth-order valence-corrected chi connectivity index (χ4v) is 3.58. The third-order valence-corrected chi connectivity index (χ3v) is 4.64. The maximum Gasteiger partial charge on any atom is 0.0483 e. The van der Waals surface area contributed by atoms with Crippen LogP contribution in [0.4, 0.5) is 5.69 Å². The summed E-state index contributed by atoms with van der Waals surface area (Å²) in [6, 6.07) is 15.6. The number of nitrogens with one attached hydrogen (secondary N) is 1. The average molecular weight is 276 g/mol. The molecule has 0 spiro atoms. The Morgan fingerprint density at radius 1 is 1.05 bits per heavy atom. The van der Waals surface area contributed by atoms with Crippen LogP contribution in [0, 0.1) is 0 Å². The van der Waals surface area contributed by atoms with Gasteiger partial charge >= 0.3 is 0 Å². The second-order valence-corrected chi connectivity index (χ2v) is 5.71. The lowest BCUT2D eigenvalue weighted by atomic mass is 10.0. The first-order valence-corrected chi connectivity index (χ1v) is 7.79. The summed E-state index contributed by atoms with van der Waals surface area (Å²) in [6.45, 7) is 6.51. The van der Waals surface area contributed by atoms with E-state index in [1.165, 1.54) is 39.0 Å². The van der Waals surface area contributed by atoms with Gasteiger partial charge in [0.1, 0.15) is 0 Å². The number of fused-ring (bicyclic) bond motifs is 5. The zero-order valence-corrected chi connectivity index (χ0v) is 12.6. The fourth-order valence-electron chi connectivity index (χ4n) is 3.58. The van der Waals surface area contributed by atoms with Gasteiger partial charge in [-0.15, -0.1) is 0 Å². The Kier molecular flexibility index (Phi) is 2.78. The van der Waals surface area contributed by atoms with Crippen molar-refractivity contribution in [2.45, 2.75) is 20.3 Å². The van der Waals surface area contributed by atoms with Crippen LogP contribution in [-0.4, -0.2) is 18.1 Å². The summed E-state index contributed by atoms with van der Waals surface area (Å²) in [6.07, 6.45) is 1.03. The smallest absolute Gasteiger partial charge is 0.0483 e. The Morgan fingerprint density at radius 2 is 1.86 bits per heavy atom. The molecule has 4 rings (SSSR count). The molecule has 1 aliphatic carbocycles. The molecule has 2 heteroatoms. The Hall–Kier alpha value is -2.22. The largest absolute Gasteiger partial charge is 0.372 e. The van der Waals surface area contributed by atoms with Crippen LogP contribution >= 0.6 is 0 Å². The van der Waals surface area contributed by atoms with Crippen molar-refractivity contribution in [1.29, 1.82) is 0 Å². The van der Waals surface area contributed by atoms with Gasteiger partial charge in [-0.3, -0.25) is 0 Å². The number of H-pyrrole nitrogens is 1. The molecule has 0 bridgehead atoms. The monoisotopic (exact) mass is 276 g/mol. The first-order chi connectivity index (χ1) is 10.3. The van der Waals surface area contributed by atoms with Crippen molar-refractivity contribution < 1.29 is 0 Å². The topological polar surface area (TPSA) is 19.0 Å². The van der Waals surface area contributed by atoms with Gasteiger partial charge in [0.25, 0.3) is 0 Å². The molecule has 0 saturated carbocycles. The highest BCUT2D eigenvalue weighted by atomic mass is 15.1. The molecule has 0 aliphatic heterocycles. The second-order valence-electron chi connectivity index (χ2n) is 5.71. The van der Waals surface area contributed by atoms with E-state index in [1.807, 2.05) is 0 Å². The zero-order valence-electron chi connectivity index (χ0n) is 12.6. The van der Waals surface area contributed by atoms with Crippen LogP contribution < -0.4 is 4.90 Å². The van der Waals surface area contributed by atoms with Gasteiger partial charge in [0.2, 0.25) is 0 Å². The molecule has 106 valence electrons. The summed E-state index contributed by atoms with van der Waals surface area (Å²) in [5.74, 6) is 0. The summed E-state index contributed by atoms with van der Waals surface area (Å²) in [5, 5.41) is 1.35. The number of nitrogens with zero attached hydrogens (tertiary/aromatic N) is 1. The van der Waals surface area contributed by atoms with Crippen LogP contribution in [0.25, 0.3) is 22.0 Å². The number of rotatable bonds is 3. The maximum absolute atomic E-state index is 3.64. The predicted molar refractivity (Wildman–Crippen MR) is 90.1 cm³/mol. The van der Waals surface area contributed by atoms with E-state index in [2.05, 4.69) is 66.2 Å². The molecule has 2 nitrogen and oxygen atoms in total. The first-order valence-electron chi connectivity index (χ1n) is 7.79. The van der Waals surface area contributed by atoms with Crippen LogP contribution in [0.1, 0.15) is 25.1 Å². The Balaban J connectivity index is 1.88. The average Bonchev–Trinajstić information content (AvgIpc) is 3.03. The summed E-state index contributed by atoms with van der Waals surface area (Å²) in [5.41, 5.74) is 8.18. The zero-order chi connectivity index (χ0) is 14.4.